The smallest absolute Gasteiger partial charge is 0.338 e. The molecular weight excluding hydrogens is 319 g/mol. The molecule has 21 heavy (non-hydrogen) atoms. The number of rotatable bonds is 4. The summed E-state index contributed by atoms with van der Waals surface area (Å²) >= 11 is 11.3. The van der Waals surface area contributed by atoms with E-state index in [9.17, 15) is 14.9 Å². The fourth-order valence-electron chi connectivity index (χ4n) is 1.50. The van der Waals surface area contributed by atoms with Crippen molar-refractivity contribution in [1.29, 1.82) is 0 Å². The predicted octanol–water partition coefficient (Wildman–Crippen LogP) is 3.65. The van der Waals surface area contributed by atoms with Gasteiger partial charge in [-0.15, -0.1) is 0 Å². The Labute approximate surface area is 129 Å². The molecule has 0 aliphatic rings. The summed E-state index contributed by atoms with van der Waals surface area (Å²) in [6.07, 6.45) is 1.47. The van der Waals surface area contributed by atoms with Gasteiger partial charge in [0.1, 0.15) is 16.8 Å². The Kier molecular flexibility index (Phi) is 4.72. The van der Waals surface area contributed by atoms with E-state index >= 15 is 0 Å². The number of hydrogen-bond donors (Lipinski definition) is 0. The molecule has 0 aliphatic heterocycles. The van der Waals surface area contributed by atoms with Crippen LogP contribution < -0.4 is 0 Å². The van der Waals surface area contributed by atoms with Crippen molar-refractivity contribution in [2.75, 3.05) is 0 Å². The average Bonchev–Trinajstić information content (AvgIpc) is 2.46. The fourth-order valence-corrected chi connectivity index (χ4v) is 1.80. The minimum absolute atomic E-state index is 0.0145. The number of halogens is 2. The highest BCUT2D eigenvalue weighted by Gasteiger charge is 2.17. The zero-order chi connectivity index (χ0) is 15.4. The Balaban J connectivity index is 2.08. The van der Waals surface area contributed by atoms with E-state index in [1.165, 1.54) is 18.3 Å². The van der Waals surface area contributed by atoms with Crippen LogP contribution in [0.5, 0.6) is 0 Å². The Morgan fingerprint density at radius 1 is 1.29 bits per heavy atom. The summed E-state index contributed by atoms with van der Waals surface area (Å²) in [6.45, 7) is -0.0145. The van der Waals surface area contributed by atoms with Gasteiger partial charge in [-0.1, -0.05) is 29.3 Å². The van der Waals surface area contributed by atoms with Crippen molar-refractivity contribution in [2.24, 2.45) is 0 Å². The second kappa shape index (κ2) is 6.51. The van der Waals surface area contributed by atoms with Gasteiger partial charge < -0.3 is 4.74 Å². The zero-order valence-corrected chi connectivity index (χ0v) is 12.0. The molecule has 1 heterocycles. The van der Waals surface area contributed by atoms with E-state index in [1.807, 2.05) is 0 Å². The highest BCUT2D eigenvalue weighted by atomic mass is 35.5. The Morgan fingerprint density at radius 2 is 2.05 bits per heavy atom. The number of carbonyl (C=O) groups is 1. The van der Waals surface area contributed by atoms with Crippen molar-refractivity contribution < 1.29 is 14.5 Å². The lowest BCUT2D eigenvalue weighted by Gasteiger charge is -2.05. The number of carbonyl (C=O) groups excluding carboxylic acids is 1. The number of hydrogen-bond acceptors (Lipinski definition) is 5. The van der Waals surface area contributed by atoms with Crippen LogP contribution in [0.4, 0.5) is 5.69 Å². The second-order valence-electron chi connectivity index (χ2n) is 3.99. The molecule has 0 spiro atoms. The first kappa shape index (κ1) is 15.2. The summed E-state index contributed by atoms with van der Waals surface area (Å²) in [5, 5.41) is 11.0. The van der Waals surface area contributed by atoms with Crippen LogP contribution in [-0.4, -0.2) is 15.9 Å². The van der Waals surface area contributed by atoms with Crippen LogP contribution in [0.25, 0.3) is 0 Å². The number of nitro benzene ring substituents is 1. The maximum atomic E-state index is 11.8. The maximum absolute atomic E-state index is 11.8. The number of pyridine rings is 1. The van der Waals surface area contributed by atoms with Gasteiger partial charge in [-0.2, -0.15) is 0 Å². The van der Waals surface area contributed by atoms with Gasteiger partial charge in [0, 0.05) is 17.8 Å². The third-order valence-corrected chi connectivity index (χ3v) is 3.08. The molecule has 108 valence electrons. The lowest BCUT2D eigenvalue weighted by atomic mass is 10.2. The molecule has 0 bridgehead atoms. The molecule has 0 fully saturated rings. The Hall–Kier alpha value is -2.18. The number of benzene rings is 1. The lowest BCUT2D eigenvalue weighted by molar-refractivity contribution is -0.384. The lowest BCUT2D eigenvalue weighted by Crippen LogP contribution is -2.06. The van der Waals surface area contributed by atoms with Crippen LogP contribution in [-0.2, 0) is 11.3 Å². The molecule has 1 aromatic heterocycles. The van der Waals surface area contributed by atoms with E-state index < -0.39 is 10.9 Å². The van der Waals surface area contributed by atoms with Crippen LogP contribution in [0, 0.1) is 10.1 Å². The monoisotopic (exact) mass is 326 g/mol. The molecule has 0 saturated heterocycles. The van der Waals surface area contributed by atoms with Crippen LogP contribution in [0.3, 0.4) is 0 Å². The standard InChI is InChI=1S/C13H8Cl2N2O4/c14-10-3-2-9(5-11(10)17(19)20)13(18)21-7-8-1-4-12(15)16-6-8/h1-6H,7H2. The summed E-state index contributed by atoms with van der Waals surface area (Å²) in [4.78, 5) is 25.8. The molecule has 0 amide bonds. The van der Waals surface area contributed by atoms with Gasteiger partial charge in [0.25, 0.3) is 5.69 Å². The van der Waals surface area contributed by atoms with Gasteiger partial charge in [0.2, 0.25) is 0 Å². The highest BCUT2D eigenvalue weighted by Crippen LogP contribution is 2.25. The minimum Gasteiger partial charge on any atom is -0.457 e. The van der Waals surface area contributed by atoms with Gasteiger partial charge >= 0.3 is 5.97 Å². The fraction of sp³-hybridized carbons (Fsp3) is 0.0769. The molecule has 0 atom stereocenters. The number of esters is 1. The molecule has 6 nitrogen and oxygen atoms in total. The first-order valence-electron chi connectivity index (χ1n) is 5.69. The summed E-state index contributed by atoms with van der Waals surface area (Å²) in [5.74, 6) is -0.690. The summed E-state index contributed by atoms with van der Waals surface area (Å²) in [6, 6.07) is 6.94. The third-order valence-electron chi connectivity index (χ3n) is 2.54. The van der Waals surface area contributed by atoms with E-state index in [1.54, 1.807) is 12.1 Å². The molecule has 0 saturated carbocycles. The average molecular weight is 327 g/mol. The van der Waals surface area contributed by atoms with E-state index in [0.717, 1.165) is 6.07 Å². The molecule has 0 radical (unpaired) electrons. The summed E-state index contributed by atoms with van der Waals surface area (Å²) < 4.78 is 5.04. The molecule has 0 unspecified atom stereocenters. The topological polar surface area (TPSA) is 82.3 Å². The normalized spacial score (nSPS) is 10.2. The Morgan fingerprint density at radius 3 is 2.67 bits per heavy atom. The van der Waals surface area contributed by atoms with Gasteiger partial charge in [-0.3, -0.25) is 10.1 Å². The van der Waals surface area contributed by atoms with Crippen LogP contribution in [0.2, 0.25) is 10.2 Å². The van der Waals surface area contributed by atoms with Crippen molar-refractivity contribution >= 4 is 34.9 Å². The number of ether oxygens (including phenoxy) is 1. The predicted molar refractivity (Wildman–Crippen MR) is 76.5 cm³/mol. The van der Waals surface area contributed by atoms with Crippen LogP contribution in [0.15, 0.2) is 36.5 Å². The quantitative estimate of drug-likeness (QED) is 0.370. The number of nitro groups is 1. The SMILES string of the molecule is O=C(OCc1ccc(Cl)nc1)c1ccc(Cl)c([N+](=O)[O-])c1. The molecule has 8 heteroatoms. The Bertz CT molecular complexity index is 689. The van der Waals surface area contributed by atoms with Gasteiger partial charge in [-0.25, -0.2) is 9.78 Å². The molecule has 1 aromatic carbocycles. The highest BCUT2D eigenvalue weighted by molar-refractivity contribution is 6.32. The number of aromatic nitrogens is 1. The number of nitrogens with zero attached hydrogens (tertiary/aromatic N) is 2. The summed E-state index contributed by atoms with van der Waals surface area (Å²) in [5.41, 5.74) is 0.350. The largest absolute Gasteiger partial charge is 0.457 e. The van der Waals surface area contributed by atoms with Crippen molar-refractivity contribution in [1.82, 2.24) is 4.98 Å². The molecule has 0 aliphatic carbocycles. The molecule has 0 N–H and O–H groups in total. The van der Waals surface area contributed by atoms with Gasteiger partial charge in [0.05, 0.1) is 10.5 Å². The first-order valence-corrected chi connectivity index (χ1v) is 6.44. The van der Waals surface area contributed by atoms with Gasteiger partial charge in [0.15, 0.2) is 0 Å². The zero-order valence-electron chi connectivity index (χ0n) is 10.5. The van der Waals surface area contributed by atoms with Gasteiger partial charge in [-0.05, 0) is 18.2 Å². The van der Waals surface area contributed by atoms with E-state index in [-0.39, 0.29) is 22.9 Å². The third kappa shape index (κ3) is 3.90. The van der Waals surface area contributed by atoms with Crippen LogP contribution in [0.1, 0.15) is 15.9 Å². The van der Waals surface area contributed by atoms with Crippen LogP contribution >= 0.6 is 23.2 Å². The van der Waals surface area contributed by atoms with Crippen molar-refractivity contribution in [3.8, 4) is 0 Å². The molecule has 2 rings (SSSR count). The molecule has 2 aromatic rings. The molecular formula is C13H8Cl2N2O4. The van der Waals surface area contributed by atoms with Crippen molar-refractivity contribution in [3.63, 3.8) is 0 Å². The summed E-state index contributed by atoms with van der Waals surface area (Å²) in [7, 11) is 0. The van der Waals surface area contributed by atoms with E-state index in [2.05, 4.69) is 4.98 Å². The second-order valence-corrected chi connectivity index (χ2v) is 4.78. The van der Waals surface area contributed by atoms with E-state index in [4.69, 9.17) is 27.9 Å². The minimum atomic E-state index is -0.690. The van der Waals surface area contributed by atoms with E-state index in [0.29, 0.717) is 10.7 Å². The van der Waals surface area contributed by atoms with Crippen molar-refractivity contribution in [2.45, 2.75) is 6.61 Å². The first-order chi connectivity index (χ1) is 9.97. The van der Waals surface area contributed by atoms with Crippen molar-refractivity contribution in [3.05, 3.63) is 67.9 Å². The maximum Gasteiger partial charge on any atom is 0.338 e.